The van der Waals surface area contributed by atoms with Crippen LogP contribution in [-0.2, 0) is 10.3 Å². The van der Waals surface area contributed by atoms with Crippen LogP contribution in [0.4, 0.5) is 0 Å². The number of nitrogens with one attached hydrogen (secondary N) is 2. The monoisotopic (exact) mass is 449 g/mol. The van der Waals surface area contributed by atoms with Crippen LogP contribution in [0, 0.1) is 0 Å². The molecule has 1 atom stereocenters. The van der Waals surface area contributed by atoms with Crippen molar-refractivity contribution in [2.45, 2.75) is 65.6 Å². The number of aromatic nitrogens is 6. The van der Waals surface area contributed by atoms with Gasteiger partial charge >= 0.3 is 5.97 Å². The largest absolute Gasteiger partial charge is 0.461 e. The number of carbonyl (C=O) groups is 1. The lowest BCUT2D eigenvalue weighted by Gasteiger charge is -2.30. The third-order valence-corrected chi connectivity index (χ3v) is 5.25. The van der Waals surface area contributed by atoms with E-state index in [1.54, 1.807) is 17.7 Å². The number of hydrogen-bond acceptors (Lipinski definition) is 7. The molecule has 4 rings (SSSR count). The van der Waals surface area contributed by atoms with Crippen LogP contribution in [0.1, 0.15) is 76.5 Å². The van der Waals surface area contributed by atoms with Crippen LogP contribution in [-0.4, -0.2) is 48.3 Å². The molecule has 0 aliphatic rings. The van der Waals surface area contributed by atoms with Crippen molar-refractivity contribution in [2.24, 2.45) is 0 Å². The molecule has 0 bridgehead atoms. The van der Waals surface area contributed by atoms with Crippen LogP contribution in [0.25, 0.3) is 21.8 Å². The number of hydrogen-bond donors (Lipinski definition) is 2. The van der Waals surface area contributed by atoms with Crippen molar-refractivity contribution in [3.05, 3.63) is 47.5 Å². The minimum absolute atomic E-state index is 0.250. The van der Waals surface area contributed by atoms with Crippen molar-refractivity contribution in [3.8, 4) is 0 Å². The number of benzene rings is 1. The lowest BCUT2D eigenvalue weighted by atomic mass is 10.0. The minimum atomic E-state index is -0.482. The minimum Gasteiger partial charge on any atom is -0.461 e. The maximum atomic E-state index is 12.8. The smallest absolute Gasteiger partial charge is 0.356 e. The average molecular weight is 450 g/mol. The zero-order chi connectivity index (χ0) is 24.0. The molecular weight excluding hydrogens is 418 g/mol. The number of tetrazole rings is 1. The fourth-order valence-electron chi connectivity index (χ4n) is 3.93. The normalized spacial score (nSPS) is 13.5. The van der Waals surface area contributed by atoms with E-state index in [1.807, 2.05) is 45.0 Å². The van der Waals surface area contributed by atoms with Crippen molar-refractivity contribution in [1.82, 2.24) is 35.5 Å². The number of H-pyrrole nitrogens is 1. The molecule has 33 heavy (non-hydrogen) atoms. The second-order valence-electron chi connectivity index (χ2n) is 10.2. The number of esters is 1. The van der Waals surface area contributed by atoms with E-state index in [2.05, 4.69) is 46.6 Å². The van der Waals surface area contributed by atoms with E-state index in [9.17, 15) is 4.79 Å². The molecule has 0 fully saturated rings. The fraction of sp³-hybridized carbons (Fsp3) is 0.458. The molecule has 1 aromatic carbocycles. The van der Waals surface area contributed by atoms with E-state index < -0.39 is 12.0 Å². The molecule has 9 heteroatoms. The number of ether oxygens (including phenoxy) is 1. The lowest BCUT2D eigenvalue weighted by molar-refractivity contribution is 0.0519. The van der Waals surface area contributed by atoms with Crippen LogP contribution in [0.3, 0.4) is 0 Å². The number of carbonyl (C=O) groups excluding carboxylic acids is 1. The standard InChI is InChI=1S/C24H31N7O2/c1-8-33-22(32)17-13-15-14-11-9-10-12-16(14)25-18(15)19(26-17)20(27-23(2,3)4)21-28-29-30-31(21)24(5,6)7/h9-13,20,25,27H,8H2,1-7H3. The number of aromatic amines is 1. The summed E-state index contributed by atoms with van der Waals surface area (Å²) in [7, 11) is 0. The van der Waals surface area contributed by atoms with Gasteiger partial charge in [0.15, 0.2) is 5.82 Å². The molecule has 0 aliphatic heterocycles. The van der Waals surface area contributed by atoms with Gasteiger partial charge in [-0.15, -0.1) is 5.10 Å². The van der Waals surface area contributed by atoms with E-state index in [0.29, 0.717) is 11.5 Å². The lowest BCUT2D eigenvalue weighted by Crippen LogP contribution is -2.42. The van der Waals surface area contributed by atoms with Gasteiger partial charge in [0.2, 0.25) is 0 Å². The Hall–Kier alpha value is -3.33. The van der Waals surface area contributed by atoms with Gasteiger partial charge in [-0.25, -0.2) is 14.5 Å². The Morgan fingerprint density at radius 2 is 1.88 bits per heavy atom. The van der Waals surface area contributed by atoms with Crippen molar-refractivity contribution < 1.29 is 9.53 Å². The quantitative estimate of drug-likeness (QED) is 0.441. The van der Waals surface area contributed by atoms with Gasteiger partial charge in [-0.3, -0.25) is 5.32 Å². The summed E-state index contributed by atoms with van der Waals surface area (Å²) in [5.41, 5.74) is 2.03. The van der Waals surface area contributed by atoms with Gasteiger partial charge in [-0.1, -0.05) is 18.2 Å². The number of fused-ring (bicyclic) bond motifs is 3. The Balaban J connectivity index is 2.04. The second kappa shape index (κ2) is 8.22. The van der Waals surface area contributed by atoms with Crippen LogP contribution >= 0.6 is 0 Å². The summed E-state index contributed by atoms with van der Waals surface area (Å²) < 4.78 is 7.09. The molecule has 2 N–H and O–H groups in total. The first-order chi connectivity index (χ1) is 15.5. The topological polar surface area (TPSA) is 111 Å². The molecule has 0 aliphatic carbocycles. The Morgan fingerprint density at radius 1 is 1.15 bits per heavy atom. The molecule has 0 spiro atoms. The molecule has 174 valence electrons. The number of nitrogens with zero attached hydrogens (tertiary/aromatic N) is 5. The van der Waals surface area contributed by atoms with E-state index in [4.69, 9.17) is 9.72 Å². The Labute approximate surface area is 192 Å². The zero-order valence-electron chi connectivity index (χ0n) is 20.2. The van der Waals surface area contributed by atoms with Crippen molar-refractivity contribution in [2.75, 3.05) is 6.61 Å². The van der Waals surface area contributed by atoms with Crippen LogP contribution in [0.2, 0.25) is 0 Å². The van der Waals surface area contributed by atoms with E-state index in [-0.39, 0.29) is 23.4 Å². The maximum Gasteiger partial charge on any atom is 0.356 e. The van der Waals surface area contributed by atoms with Gasteiger partial charge in [-0.2, -0.15) is 0 Å². The van der Waals surface area contributed by atoms with Gasteiger partial charge in [-0.05, 0) is 71.0 Å². The average Bonchev–Trinajstić information content (AvgIpc) is 3.36. The highest BCUT2D eigenvalue weighted by atomic mass is 16.5. The SMILES string of the molecule is CCOC(=O)c1cc2c([nH]c3ccccc32)c(C(NC(C)(C)C)c2nnnn2C(C)(C)C)n1. The molecule has 0 saturated carbocycles. The van der Waals surface area contributed by atoms with Crippen LogP contribution < -0.4 is 5.32 Å². The predicted octanol–water partition coefficient (Wildman–Crippen LogP) is 4.11. The first kappa shape index (κ1) is 22.8. The molecule has 0 amide bonds. The van der Waals surface area contributed by atoms with Gasteiger partial charge in [0, 0.05) is 21.8 Å². The summed E-state index contributed by atoms with van der Waals surface area (Å²) in [4.78, 5) is 21.1. The number of pyridine rings is 1. The molecule has 4 aromatic rings. The molecule has 9 nitrogen and oxygen atoms in total. The summed E-state index contributed by atoms with van der Waals surface area (Å²) in [6.45, 7) is 14.4. The van der Waals surface area contributed by atoms with Crippen molar-refractivity contribution >= 4 is 27.8 Å². The van der Waals surface area contributed by atoms with E-state index in [0.717, 1.165) is 21.8 Å². The van der Waals surface area contributed by atoms with E-state index in [1.165, 1.54) is 0 Å². The third-order valence-electron chi connectivity index (χ3n) is 5.25. The van der Waals surface area contributed by atoms with Crippen LogP contribution in [0.15, 0.2) is 30.3 Å². The molecule has 3 heterocycles. The van der Waals surface area contributed by atoms with Crippen molar-refractivity contribution in [3.63, 3.8) is 0 Å². The summed E-state index contributed by atoms with van der Waals surface area (Å²) in [5, 5.41) is 18.1. The summed E-state index contributed by atoms with van der Waals surface area (Å²) in [6, 6.07) is 9.29. The fourth-order valence-corrected chi connectivity index (χ4v) is 3.93. The number of para-hydroxylation sites is 1. The highest BCUT2D eigenvalue weighted by Gasteiger charge is 2.33. The highest BCUT2D eigenvalue weighted by Crippen LogP contribution is 2.34. The Morgan fingerprint density at radius 3 is 2.55 bits per heavy atom. The first-order valence-electron chi connectivity index (χ1n) is 11.1. The van der Waals surface area contributed by atoms with Gasteiger partial charge < -0.3 is 9.72 Å². The first-order valence-corrected chi connectivity index (χ1v) is 11.1. The second-order valence-corrected chi connectivity index (χ2v) is 10.2. The maximum absolute atomic E-state index is 12.8. The molecular formula is C24H31N7O2. The predicted molar refractivity (Wildman–Crippen MR) is 127 cm³/mol. The summed E-state index contributed by atoms with van der Waals surface area (Å²) >= 11 is 0. The summed E-state index contributed by atoms with van der Waals surface area (Å²) in [6.07, 6.45) is 0. The molecule has 0 radical (unpaired) electrons. The van der Waals surface area contributed by atoms with Gasteiger partial charge in [0.25, 0.3) is 0 Å². The zero-order valence-corrected chi connectivity index (χ0v) is 20.2. The Bertz CT molecular complexity index is 1310. The van der Waals surface area contributed by atoms with E-state index >= 15 is 0 Å². The van der Waals surface area contributed by atoms with Gasteiger partial charge in [0.1, 0.15) is 11.7 Å². The highest BCUT2D eigenvalue weighted by molar-refractivity contribution is 6.09. The molecule has 1 unspecified atom stereocenters. The third kappa shape index (κ3) is 4.45. The summed E-state index contributed by atoms with van der Waals surface area (Å²) in [5.74, 6) is 0.154. The molecule has 0 saturated heterocycles. The number of rotatable bonds is 5. The van der Waals surface area contributed by atoms with Gasteiger partial charge in [0.05, 0.1) is 23.4 Å². The van der Waals surface area contributed by atoms with Crippen LogP contribution in [0.5, 0.6) is 0 Å². The van der Waals surface area contributed by atoms with Crippen molar-refractivity contribution in [1.29, 1.82) is 0 Å². The Kier molecular flexibility index (Phi) is 5.69. The molecule has 3 aromatic heterocycles.